The molecule has 0 saturated carbocycles. The van der Waals surface area contributed by atoms with Gasteiger partial charge in [-0.3, -0.25) is 0 Å². The molecule has 0 aliphatic rings. The first kappa shape index (κ1) is 17.1. The van der Waals surface area contributed by atoms with Crippen molar-refractivity contribution >= 4 is 45.1 Å². The van der Waals surface area contributed by atoms with Crippen LogP contribution < -0.4 is 4.57 Å². The van der Waals surface area contributed by atoms with Crippen LogP contribution in [0, 0.1) is 41.8 Å². The molecule has 0 aliphatic heterocycles. The maximum atomic E-state index is 5.92. The topological polar surface area (TPSA) is 39.4 Å². The van der Waals surface area contributed by atoms with E-state index >= 15 is 0 Å². The quantitative estimate of drug-likeness (QED) is 0.300. The van der Waals surface area contributed by atoms with Crippen LogP contribution in [-0.4, -0.2) is 7.11 Å². The molecule has 0 atom stereocenters. The van der Waals surface area contributed by atoms with Gasteiger partial charge >= 0.3 is 5.89 Å². The fourth-order valence-corrected chi connectivity index (χ4v) is 3.10. The Kier molecular flexibility index (Phi) is 4.77. The summed E-state index contributed by atoms with van der Waals surface area (Å²) in [6, 6.07) is 12.0. The van der Waals surface area contributed by atoms with Gasteiger partial charge in [-0.15, -0.1) is 4.57 Å². The van der Waals surface area contributed by atoms with Crippen LogP contribution in [-0.2, 0) is 10.7 Å². The molecular weight excluding hydrogens is 358 g/mol. The Balaban J connectivity index is 1.70. The minimum Gasteiger partial charge on any atom is -0.456 e. The van der Waals surface area contributed by atoms with Gasteiger partial charge in [0.05, 0.1) is 26.1 Å². The van der Waals surface area contributed by atoms with Gasteiger partial charge in [-0.25, -0.2) is 0 Å². The molecule has 4 rings (SSSR count). The highest BCUT2D eigenvalue weighted by molar-refractivity contribution is 7.99. The average molecular weight is 372 g/mol. The van der Waals surface area contributed by atoms with Gasteiger partial charge in [0.1, 0.15) is 11.2 Å². The van der Waals surface area contributed by atoms with Crippen molar-refractivity contribution in [3.05, 3.63) is 42.3 Å². The van der Waals surface area contributed by atoms with Gasteiger partial charge < -0.3 is 13.0 Å². The molecule has 0 aliphatic carbocycles. The molecule has 2 heterocycles. The number of hydrogen-bond donors (Lipinski definition) is 0. The van der Waals surface area contributed by atoms with Gasteiger partial charge in [0.2, 0.25) is 12.1 Å². The third kappa shape index (κ3) is 3.37. The molecule has 130 valence electrons. The Morgan fingerprint density at radius 1 is 0.963 bits per heavy atom. The smallest absolute Gasteiger partial charge is 0.345 e. The fraction of sp³-hybridized carbons (Fsp3) is 0.136. The first-order valence-corrected chi connectivity index (χ1v) is 8.94. The van der Waals surface area contributed by atoms with Crippen molar-refractivity contribution in [1.82, 2.24) is 0 Å². The first-order valence-electron chi connectivity index (χ1n) is 8.19. The van der Waals surface area contributed by atoms with Crippen molar-refractivity contribution < 1.29 is 17.6 Å². The number of aryl methyl sites for hydroxylation is 1. The lowest BCUT2D eigenvalue weighted by Gasteiger charge is -1.89. The molecule has 0 amide bonds. The predicted molar refractivity (Wildman–Crippen MR) is 106 cm³/mol. The fourth-order valence-electron chi connectivity index (χ4n) is 2.93. The summed E-state index contributed by atoms with van der Waals surface area (Å²) in [6.07, 6.45) is 0. The van der Waals surface area contributed by atoms with E-state index in [0.29, 0.717) is 6.54 Å². The monoisotopic (exact) mass is 372 g/mol. The molecule has 0 bridgehead atoms. The second kappa shape index (κ2) is 7.52. The predicted octanol–water partition coefficient (Wildman–Crippen LogP) is 4.19. The molecule has 4 aromatic rings. The van der Waals surface area contributed by atoms with Crippen molar-refractivity contribution in [2.75, 3.05) is 7.11 Å². The van der Waals surface area contributed by atoms with Crippen LogP contribution in [0.3, 0.4) is 0 Å². The van der Waals surface area contributed by atoms with Gasteiger partial charge in [0, 0.05) is 34.1 Å². The van der Waals surface area contributed by atoms with E-state index in [1.165, 1.54) is 0 Å². The summed E-state index contributed by atoms with van der Waals surface area (Å²) in [5, 5.41) is 4.82. The molecule has 0 N–H and O–H groups in total. The van der Waals surface area contributed by atoms with Crippen molar-refractivity contribution in [3.8, 4) is 34.9 Å². The van der Waals surface area contributed by atoms with E-state index in [1.807, 2.05) is 35.8 Å². The normalized spacial score (nSPS) is 10.1. The van der Waals surface area contributed by atoms with E-state index in [2.05, 4.69) is 47.0 Å². The van der Waals surface area contributed by atoms with Gasteiger partial charge in [0.15, 0.2) is 0 Å². The van der Waals surface area contributed by atoms with Crippen molar-refractivity contribution in [1.29, 1.82) is 0 Å². The van der Waals surface area contributed by atoms with E-state index in [4.69, 9.17) is 13.0 Å². The molecule has 0 radical (unpaired) electrons. The molecule has 0 unspecified atom stereocenters. The van der Waals surface area contributed by atoms with Crippen molar-refractivity contribution in [2.24, 2.45) is 0 Å². The van der Waals surface area contributed by atoms with Crippen molar-refractivity contribution in [2.45, 2.75) is 13.5 Å². The highest BCUT2D eigenvalue weighted by atomic mass is 32.2. The molecule has 0 fully saturated rings. The third-order valence-corrected chi connectivity index (χ3v) is 4.43. The van der Waals surface area contributed by atoms with Gasteiger partial charge in [0.25, 0.3) is 5.52 Å². The number of nitrogens with zero attached hydrogens (tertiary/aromatic N) is 1. The number of rotatable bonds is 2. The van der Waals surface area contributed by atoms with E-state index in [0.717, 1.165) is 51.0 Å². The second-order valence-electron chi connectivity index (χ2n) is 5.65. The zero-order valence-corrected chi connectivity index (χ0v) is 15.6. The lowest BCUT2D eigenvalue weighted by atomic mass is 10.1. The Morgan fingerprint density at radius 3 is 2.70 bits per heavy atom. The molecule has 4 nitrogen and oxygen atoms in total. The number of aromatic nitrogens is 1. The zero-order chi connectivity index (χ0) is 18.6. The van der Waals surface area contributed by atoms with E-state index in [-0.39, 0.29) is 0 Å². The lowest BCUT2D eigenvalue weighted by molar-refractivity contribution is -0.670. The highest BCUT2D eigenvalue weighted by Crippen LogP contribution is 2.31. The summed E-state index contributed by atoms with van der Waals surface area (Å²) in [5.74, 6) is 14.6. The molecular formula is C22H14NO3S+. The lowest BCUT2D eigenvalue weighted by Crippen LogP contribution is -2.34. The number of hydrogen-bond acceptors (Lipinski definition) is 4. The van der Waals surface area contributed by atoms with Crippen LogP contribution in [0.5, 0.6) is 0 Å². The number of para-hydroxylation sites is 1. The summed E-state index contributed by atoms with van der Waals surface area (Å²) >= 11 is 1.04. The molecule has 2 aromatic heterocycles. The molecule has 5 heteroatoms. The minimum atomic E-state index is 0.481. The maximum absolute atomic E-state index is 5.92. The number of fused-ring (bicyclic) bond motifs is 4. The molecule has 2 aromatic carbocycles. The standard InChI is InChI=1S/C22H14NO3S/c1-16-23(12-8-4-3-5-9-13-27-24-2)19-14-18-17-10-6-7-11-20(17)26-21(18)15-22(19)25-16/h6-7,10-11,14-15H,12H2,1-2H3/q+1. The summed E-state index contributed by atoms with van der Waals surface area (Å²) in [5.41, 5.74) is 3.43. The number of benzene rings is 2. The Labute approximate surface area is 160 Å². The van der Waals surface area contributed by atoms with Crippen molar-refractivity contribution in [3.63, 3.8) is 0 Å². The summed E-state index contributed by atoms with van der Waals surface area (Å²) in [4.78, 5) is 0. The van der Waals surface area contributed by atoms with Gasteiger partial charge in [-0.05, 0) is 29.7 Å². The SMILES string of the molecule is COSC#CC#CC#CC[n+]1c(C)oc2cc3oc4ccccc4c3cc21. The van der Waals surface area contributed by atoms with Gasteiger partial charge in [-0.1, -0.05) is 18.2 Å². The first-order chi connectivity index (χ1) is 13.3. The summed E-state index contributed by atoms with van der Waals surface area (Å²) in [7, 11) is 1.56. The average Bonchev–Trinajstić information content (AvgIpc) is 3.18. The zero-order valence-electron chi connectivity index (χ0n) is 14.8. The molecule has 27 heavy (non-hydrogen) atoms. The maximum Gasteiger partial charge on any atom is 0.345 e. The van der Waals surface area contributed by atoms with E-state index in [1.54, 1.807) is 7.11 Å². The third-order valence-electron chi connectivity index (χ3n) is 4.08. The van der Waals surface area contributed by atoms with Crippen LogP contribution in [0.2, 0.25) is 0 Å². The van der Waals surface area contributed by atoms with E-state index < -0.39 is 0 Å². The van der Waals surface area contributed by atoms with E-state index in [9.17, 15) is 0 Å². The summed E-state index contributed by atoms with van der Waals surface area (Å²) in [6.45, 7) is 2.40. The van der Waals surface area contributed by atoms with Gasteiger partial charge in [-0.2, -0.15) is 0 Å². The van der Waals surface area contributed by atoms with Crippen LogP contribution in [0.4, 0.5) is 0 Å². The second-order valence-corrected chi connectivity index (χ2v) is 6.35. The minimum absolute atomic E-state index is 0.481. The Bertz CT molecular complexity index is 1340. The van der Waals surface area contributed by atoms with Crippen LogP contribution in [0.25, 0.3) is 33.0 Å². The number of oxazole rings is 1. The molecule has 0 saturated heterocycles. The highest BCUT2D eigenvalue weighted by Gasteiger charge is 2.20. The summed E-state index contributed by atoms with van der Waals surface area (Å²) < 4.78 is 18.6. The Morgan fingerprint density at radius 2 is 1.81 bits per heavy atom. The van der Waals surface area contributed by atoms with Crippen LogP contribution in [0.1, 0.15) is 5.89 Å². The Hall–Kier alpha value is -3.30. The largest absolute Gasteiger partial charge is 0.456 e. The van der Waals surface area contributed by atoms with Crippen LogP contribution >= 0.6 is 12.0 Å². The molecule has 0 spiro atoms. The van der Waals surface area contributed by atoms with Crippen LogP contribution in [0.15, 0.2) is 45.2 Å². The number of furan rings is 1.